The van der Waals surface area contributed by atoms with Crippen molar-refractivity contribution in [2.24, 2.45) is 17.3 Å². The SMILES string of the molecule is CC(C)CC(C)(C)CN1CCC(C)CC1. The fourth-order valence-corrected chi connectivity index (χ4v) is 3.00. The molecule has 1 saturated heterocycles. The van der Waals surface area contributed by atoms with Gasteiger partial charge in [-0.2, -0.15) is 0 Å². The maximum Gasteiger partial charge on any atom is 0.00328 e. The summed E-state index contributed by atoms with van der Waals surface area (Å²) in [6, 6.07) is 0. The van der Waals surface area contributed by atoms with E-state index in [0.717, 1.165) is 11.8 Å². The molecule has 0 N–H and O–H groups in total. The zero-order valence-corrected chi connectivity index (χ0v) is 11.3. The molecule has 0 atom stereocenters. The molecule has 1 aliphatic heterocycles. The first-order chi connectivity index (χ1) is 6.89. The summed E-state index contributed by atoms with van der Waals surface area (Å²) in [5.41, 5.74) is 0.495. The monoisotopic (exact) mass is 211 g/mol. The van der Waals surface area contributed by atoms with Gasteiger partial charge in [-0.15, -0.1) is 0 Å². The van der Waals surface area contributed by atoms with Crippen LogP contribution in [-0.4, -0.2) is 24.5 Å². The summed E-state index contributed by atoms with van der Waals surface area (Å²) < 4.78 is 0. The van der Waals surface area contributed by atoms with E-state index in [2.05, 4.69) is 39.5 Å². The molecule has 1 heterocycles. The zero-order valence-electron chi connectivity index (χ0n) is 11.3. The quantitative estimate of drug-likeness (QED) is 0.684. The van der Waals surface area contributed by atoms with Crippen LogP contribution in [0.4, 0.5) is 0 Å². The van der Waals surface area contributed by atoms with Gasteiger partial charge in [0, 0.05) is 6.54 Å². The van der Waals surface area contributed by atoms with Crippen LogP contribution in [0.2, 0.25) is 0 Å². The molecule has 1 rings (SSSR count). The van der Waals surface area contributed by atoms with E-state index in [0.29, 0.717) is 5.41 Å². The van der Waals surface area contributed by atoms with Crippen molar-refractivity contribution >= 4 is 0 Å². The minimum absolute atomic E-state index is 0.495. The summed E-state index contributed by atoms with van der Waals surface area (Å²) in [4.78, 5) is 2.67. The third-order valence-electron chi connectivity index (χ3n) is 3.49. The Morgan fingerprint density at radius 3 is 2.20 bits per heavy atom. The molecule has 0 radical (unpaired) electrons. The molecule has 0 aromatic heterocycles. The molecule has 1 nitrogen and oxygen atoms in total. The average molecular weight is 211 g/mol. The lowest BCUT2D eigenvalue weighted by Crippen LogP contribution is -2.40. The van der Waals surface area contributed by atoms with Crippen molar-refractivity contribution in [3.63, 3.8) is 0 Å². The molecule has 1 fully saturated rings. The van der Waals surface area contributed by atoms with Crippen LogP contribution in [0.1, 0.15) is 53.9 Å². The molecule has 1 heteroatoms. The largest absolute Gasteiger partial charge is 0.303 e. The maximum atomic E-state index is 2.67. The minimum Gasteiger partial charge on any atom is -0.303 e. The summed E-state index contributed by atoms with van der Waals surface area (Å²) in [7, 11) is 0. The van der Waals surface area contributed by atoms with Crippen LogP contribution < -0.4 is 0 Å². The van der Waals surface area contributed by atoms with Gasteiger partial charge in [0.25, 0.3) is 0 Å². The smallest absolute Gasteiger partial charge is 0.00328 e. The summed E-state index contributed by atoms with van der Waals surface area (Å²) in [6.07, 6.45) is 4.15. The van der Waals surface area contributed by atoms with Crippen LogP contribution in [-0.2, 0) is 0 Å². The highest BCUT2D eigenvalue weighted by Gasteiger charge is 2.25. The van der Waals surface area contributed by atoms with E-state index in [9.17, 15) is 0 Å². The molecule has 0 aromatic carbocycles. The second-order valence-electron chi connectivity index (χ2n) is 6.72. The van der Waals surface area contributed by atoms with Crippen molar-refractivity contribution in [2.45, 2.75) is 53.9 Å². The van der Waals surface area contributed by atoms with Crippen LogP contribution in [0.15, 0.2) is 0 Å². The Balaban J connectivity index is 2.33. The summed E-state index contributed by atoms with van der Waals surface area (Å²) in [5, 5.41) is 0. The van der Waals surface area contributed by atoms with Gasteiger partial charge in [-0.05, 0) is 49.6 Å². The van der Waals surface area contributed by atoms with Crippen molar-refractivity contribution in [1.82, 2.24) is 4.90 Å². The normalized spacial score (nSPS) is 21.2. The lowest BCUT2D eigenvalue weighted by molar-refractivity contribution is 0.119. The Morgan fingerprint density at radius 1 is 1.20 bits per heavy atom. The third kappa shape index (κ3) is 5.01. The average Bonchev–Trinajstić information content (AvgIpc) is 2.06. The van der Waals surface area contributed by atoms with E-state index >= 15 is 0 Å². The van der Waals surface area contributed by atoms with Gasteiger partial charge in [0.05, 0.1) is 0 Å². The fourth-order valence-electron chi connectivity index (χ4n) is 3.00. The van der Waals surface area contributed by atoms with Crippen LogP contribution >= 0.6 is 0 Å². The topological polar surface area (TPSA) is 3.24 Å². The van der Waals surface area contributed by atoms with Gasteiger partial charge >= 0.3 is 0 Å². The number of piperidine rings is 1. The third-order valence-corrected chi connectivity index (χ3v) is 3.49. The van der Waals surface area contributed by atoms with Gasteiger partial charge < -0.3 is 4.90 Å². The van der Waals surface area contributed by atoms with Gasteiger partial charge in [-0.3, -0.25) is 0 Å². The number of hydrogen-bond acceptors (Lipinski definition) is 1. The highest BCUT2D eigenvalue weighted by Crippen LogP contribution is 2.28. The van der Waals surface area contributed by atoms with E-state index in [1.807, 2.05) is 0 Å². The molecule has 0 spiro atoms. The fraction of sp³-hybridized carbons (Fsp3) is 1.00. The molecule has 90 valence electrons. The first-order valence-electron chi connectivity index (χ1n) is 6.61. The lowest BCUT2D eigenvalue weighted by Gasteiger charge is -2.37. The Bertz CT molecular complexity index is 176. The predicted molar refractivity (Wildman–Crippen MR) is 68.1 cm³/mol. The highest BCUT2D eigenvalue weighted by molar-refractivity contribution is 4.78. The van der Waals surface area contributed by atoms with Crippen molar-refractivity contribution < 1.29 is 0 Å². The molecular weight excluding hydrogens is 182 g/mol. The predicted octanol–water partition coefficient (Wildman–Crippen LogP) is 3.79. The number of likely N-dealkylation sites (tertiary alicyclic amines) is 1. The van der Waals surface area contributed by atoms with Crippen molar-refractivity contribution in [2.75, 3.05) is 19.6 Å². The molecule has 0 bridgehead atoms. The molecule has 0 aromatic rings. The van der Waals surface area contributed by atoms with E-state index in [-0.39, 0.29) is 0 Å². The summed E-state index contributed by atoms with van der Waals surface area (Å²) in [6.45, 7) is 15.8. The lowest BCUT2D eigenvalue weighted by atomic mass is 9.83. The van der Waals surface area contributed by atoms with Gasteiger partial charge in [-0.25, -0.2) is 0 Å². The van der Waals surface area contributed by atoms with Gasteiger partial charge in [0.2, 0.25) is 0 Å². The second-order valence-corrected chi connectivity index (χ2v) is 6.72. The minimum atomic E-state index is 0.495. The van der Waals surface area contributed by atoms with Gasteiger partial charge in [0.1, 0.15) is 0 Å². The standard InChI is InChI=1S/C14H29N/c1-12(2)10-14(4,5)11-15-8-6-13(3)7-9-15/h12-13H,6-11H2,1-5H3. The molecule has 15 heavy (non-hydrogen) atoms. The van der Waals surface area contributed by atoms with Crippen LogP contribution in [0.25, 0.3) is 0 Å². The first-order valence-corrected chi connectivity index (χ1v) is 6.61. The summed E-state index contributed by atoms with van der Waals surface area (Å²) >= 11 is 0. The van der Waals surface area contributed by atoms with Crippen molar-refractivity contribution in [3.05, 3.63) is 0 Å². The van der Waals surface area contributed by atoms with Crippen LogP contribution in [0, 0.1) is 17.3 Å². The highest BCUT2D eigenvalue weighted by atomic mass is 15.1. The van der Waals surface area contributed by atoms with Crippen molar-refractivity contribution in [1.29, 1.82) is 0 Å². The number of hydrogen-bond donors (Lipinski definition) is 0. The Hall–Kier alpha value is -0.0400. The van der Waals surface area contributed by atoms with E-state index in [1.165, 1.54) is 38.9 Å². The van der Waals surface area contributed by atoms with E-state index in [1.54, 1.807) is 0 Å². The molecular formula is C14H29N. The Kier molecular flexibility index (Phi) is 4.64. The molecule has 0 saturated carbocycles. The van der Waals surface area contributed by atoms with E-state index in [4.69, 9.17) is 0 Å². The number of nitrogens with zero attached hydrogens (tertiary/aromatic N) is 1. The zero-order chi connectivity index (χ0) is 11.5. The molecule has 0 unspecified atom stereocenters. The Morgan fingerprint density at radius 2 is 1.73 bits per heavy atom. The maximum absolute atomic E-state index is 2.67. The summed E-state index contributed by atoms with van der Waals surface area (Å²) in [5.74, 6) is 1.78. The van der Waals surface area contributed by atoms with Crippen molar-refractivity contribution in [3.8, 4) is 0 Å². The molecule has 0 amide bonds. The van der Waals surface area contributed by atoms with Gasteiger partial charge in [-0.1, -0.05) is 34.6 Å². The van der Waals surface area contributed by atoms with Crippen LogP contribution in [0.3, 0.4) is 0 Å². The molecule has 0 aliphatic carbocycles. The number of rotatable bonds is 4. The Labute approximate surface area is 96.2 Å². The second kappa shape index (κ2) is 5.34. The first kappa shape index (κ1) is 13.0. The van der Waals surface area contributed by atoms with Gasteiger partial charge in [0.15, 0.2) is 0 Å². The van der Waals surface area contributed by atoms with E-state index < -0.39 is 0 Å². The van der Waals surface area contributed by atoms with Crippen LogP contribution in [0.5, 0.6) is 0 Å². The molecule has 1 aliphatic rings.